The summed E-state index contributed by atoms with van der Waals surface area (Å²) >= 11 is 0. The molecule has 3 rings (SSSR count). The lowest BCUT2D eigenvalue weighted by Gasteiger charge is -2.10. The van der Waals surface area contributed by atoms with Gasteiger partial charge in [-0.05, 0) is 38.1 Å². The van der Waals surface area contributed by atoms with Gasteiger partial charge in [-0.1, -0.05) is 0 Å². The summed E-state index contributed by atoms with van der Waals surface area (Å²) in [5, 5.41) is 14.8. The summed E-state index contributed by atoms with van der Waals surface area (Å²) in [6, 6.07) is 10.4. The molecule has 27 heavy (non-hydrogen) atoms. The largest absolute Gasteiger partial charge is 0.368 e. The summed E-state index contributed by atoms with van der Waals surface area (Å²) in [7, 11) is 0. The van der Waals surface area contributed by atoms with Crippen molar-refractivity contribution in [3.8, 4) is 11.9 Å². The molecule has 0 saturated heterocycles. The number of anilines is 1. The van der Waals surface area contributed by atoms with Crippen molar-refractivity contribution in [2.45, 2.75) is 13.8 Å². The van der Waals surface area contributed by atoms with Crippen molar-refractivity contribution in [2.75, 3.05) is 18.4 Å². The maximum Gasteiger partial charge on any atom is 0.251 e. The molecular weight excluding hydrogens is 342 g/mol. The van der Waals surface area contributed by atoms with Crippen molar-refractivity contribution in [1.29, 1.82) is 5.26 Å². The summed E-state index contributed by atoms with van der Waals surface area (Å²) in [4.78, 5) is 25.1. The maximum atomic E-state index is 12.1. The molecule has 8 nitrogen and oxygen atoms in total. The first-order valence-electron chi connectivity index (χ1n) is 8.45. The van der Waals surface area contributed by atoms with Gasteiger partial charge in [-0.25, -0.2) is 15.0 Å². The number of nitriles is 1. The predicted molar refractivity (Wildman–Crippen MR) is 101 cm³/mol. The second-order valence-corrected chi connectivity index (χ2v) is 5.87. The molecule has 0 radical (unpaired) electrons. The molecule has 0 atom stereocenters. The van der Waals surface area contributed by atoms with Gasteiger partial charge in [0.2, 0.25) is 0 Å². The van der Waals surface area contributed by atoms with Gasteiger partial charge >= 0.3 is 0 Å². The summed E-state index contributed by atoms with van der Waals surface area (Å²) in [5.74, 6) is 2.72. The van der Waals surface area contributed by atoms with Crippen molar-refractivity contribution in [2.24, 2.45) is 0 Å². The number of aromatic nitrogens is 4. The molecule has 3 aromatic rings. The molecule has 136 valence electrons. The van der Waals surface area contributed by atoms with E-state index in [1.165, 1.54) is 0 Å². The minimum atomic E-state index is -0.185. The van der Waals surface area contributed by atoms with Gasteiger partial charge in [0.15, 0.2) is 0 Å². The van der Waals surface area contributed by atoms with Gasteiger partial charge < -0.3 is 10.6 Å². The number of amides is 1. The highest BCUT2D eigenvalue weighted by Crippen LogP contribution is 2.12. The first-order valence-corrected chi connectivity index (χ1v) is 8.45. The van der Waals surface area contributed by atoms with Crippen molar-refractivity contribution >= 4 is 11.7 Å². The Morgan fingerprint density at radius 1 is 1.19 bits per heavy atom. The number of rotatable bonds is 6. The number of imidazole rings is 1. The lowest BCUT2D eigenvalue weighted by atomic mass is 10.1. The van der Waals surface area contributed by atoms with Crippen LogP contribution >= 0.6 is 0 Å². The first-order chi connectivity index (χ1) is 13.1. The van der Waals surface area contributed by atoms with E-state index in [4.69, 9.17) is 5.26 Å². The van der Waals surface area contributed by atoms with Crippen LogP contribution in [-0.2, 0) is 0 Å². The van der Waals surface area contributed by atoms with Crippen LogP contribution in [0, 0.1) is 25.2 Å². The number of hydrogen-bond donors (Lipinski definition) is 2. The molecule has 0 spiro atoms. The molecule has 0 aliphatic carbocycles. The molecule has 8 heteroatoms. The van der Waals surface area contributed by atoms with E-state index in [1.807, 2.05) is 36.7 Å². The highest BCUT2D eigenvalue weighted by atomic mass is 16.1. The zero-order valence-corrected chi connectivity index (χ0v) is 15.1. The molecule has 2 N–H and O–H groups in total. The minimum Gasteiger partial charge on any atom is -0.368 e. The Hall–Kier alpha value is -3.73. The third-order valence-corrected chi connectivity index (χ3v) is 3.89. The van der Waals surface area contributed by atoms with Crippen LogP contribution in [0.2, 0.25) is 0 Å². The number of nitrogens with one attached hydrogen (secondary N) is 2. The molecule has 0 saturated carbocycles. The molecular formula is C19H19N7O. The molecule has 0 aliphatic rings. The average Bonchev–Trinajstić information content (AvgIpc) is 3.10. The van der Waals surface area contributed by atoms with Crippen LogP contribution in [0.25, 0.3) is 5.82 Å². The SMILES string of the molecule is Cc1nc(NCCNC(=O)c2ccc(C#N)cc2)cc(-n2ccnc2C)n1. The summed E-state index contributed by atoms with van der Waals surface area (Å²) in [5.41, 5.74) is 1.04. The monoisotopic (exact) mass is 361 g/mol. The Bertz CT molecular complexity index is 986. The van der Waals surface area contributed by atoms with Gasteiger partial charge in [0.25, 0.3) is 5.91 Å². The molecule has 0 bridgehead atoms. The maximum absolute atomic E-state index is 12.1. The molecule has 2 heterocycles. The van der Waals surface area contributed by atoms with Crippen LogP contribution in [0.15, 0.2) is 42.7 Å². The fraction of sp³-hybridized carbons (Fsp3) is 0.211. The molecule has 1 amide bonds. The summed E-state index contributed by atoms with van der Waals surface area (Å²) in [6.07, 6.45) is 3.57. The Kier molecular flexibility index (Phi) is 5.42. The minimum absolute atomic E-state index is 0.185. The molecule has 0 fully saturated rings. The van der Waals surface area contributed by atoms with Crippen LogP contribution in [0.1, 0.15) is 27.6 Å². The van der Waals surface area contributed by atoms with E-state index in [1.54, 1.807) is 30.5 Å². The predicted octanol–water partition coefficient (Wildman–Crippen LogP) is 1.99. The van der Waals surface area contributed by atoms with E-state index in [0.29, 0.717) is 35.9 Å². The fourth-order valence-corrected chi connectivity index (χ4v) is 2.55. The van der Waals surface area contributed by atoms with Crippen molar-refractivity contribution in [1.82, 2.24) is 24.8 Å². The van der Waals surface area contributed by atoms with E-state index in [9.17, 15) is 4.79 Å². The molecule has 1 aromatic carbocycles. The number of carbonyl (C=O) groups is 1. The number of carbonyl (C=O) groups excluding carboxylic acids is 1. The van der Waals surface area contributed by atoms with Crippen LogP contribution in [-0.4, -0.2) is 38.5 Å². The van der Waals surface area contributed by atoms with Crippen LogP contribution < -0.4 is 10.6 Å². The van der Waals surface area contributed by atoms with E-state index >= 15 is 0 Å². The first kappa shape index (κ1) is 18.1. The number of hydrogen-bond acceptors (Lipinski definition) is 6. The van der Waals surface area contributed by atoms with Crippen LogP contribution in [0.5, 0.6) is 0 Å². The summed E-state index contributed by atoms with van der Waals surface area (Å²) < 4.78 is 1.88. The van der Waals surface area contributed by atoms with Gasteiger partial charge in [-0.2, -0.15) is 5.26 Å². The Morgan fingerprint density at radius 3 is 2.63 bits per heavy atom. The zero-order valence-electron chi connectivity index (χ0n) is 15.1. The van der Waals surface area contributed by atoms with E-state index < -0.39 is 0 Å². The number of nitrogens with zero attached hydrogens (tertiary/aromatic N) is 5. The number of benzene rings is 1. The third-order valence-electron chi connectivity index (χ3n) is 3.89. The zero-order chi connectivity index (χ0) is 19.2. The smallest absolute Gasteiger partial charge is 0.251 e. The second-order valence-electron chi connectivity index (χ2n) is 5.87. The van der Waals surface area contributed by atoms with Crippen molar-refractivity contribution in [3.05, 3.63) is 65.5 Å². The Balaban J connectivity index is 1.56. The molecule has 0 unspecified atom stereocenters. The fourth-order valence-electron chi connectivity index (χ4n) is 2.55. The van der Waals surface area contributed by atoms with E-state index in [2.05, 4.69) is 25.6 Å². The van der Waals surface area contributed by atoms with Gasteiger partial charge in [-0.15, -0.1) is 0 Å². The average molecular weight is 361 g/mol. The Morgan fingerprint density at radius 2 is 1.96 bits per heavy atom. The summed E-state index contributed by atoms with van der Waals surface area (Å²) in [6.45, 7) is 4.68. The molecule has 0 aliphatic heterocycles. The third kappa shape index (κ3) is 4.46. The van der Waals surface area contributed by atoms with Crippen molar-refractivity contribution in [3.63, 3.8) is 0 Å². The van der Waals surface area contributed by atoms with Crippen LogP contribution in [0.4, 0.5) is 5.82 Å². The second kappa shape index (κ2) is 8.10. The standard InChI is InChI=1S/C19H19N7O/c1-13-24-17(11-18(25-13)26-10-9-21-14(26)2)22-7-8-23-19(27)16-5-3-15(12-20)4-6-16/h3-6,9-11H,7-8H2,1-2H3,(H,23,27)(H,22,24,25). The van der Waals surface area contributed by atoms with Gasteiger partial charge in [0.05, 0.1) is 11.6 Å². The lowest BCUT2D eigenvalue weighted by molar-refractivity contribution is 0.0955. The normalized spacial score (nSPS) is 10.3. The lowest BCUT2D eigenvalue weighted by Crippen LogP contribution is -2.29. The van der Waals surface area contributed by atoms with Gasteiger partial charge in [-0.3, -0.25) is 9.36 Å². The van der Waals surface area contributed by atoms with Gasteiger partial charge in [0.1, 0.15) is 23.3 Å². The highest BCUT2D eigenvalue weighted by Gasteiger charge is 2.07. The van der Waals surface area contributed by atoms with E-state index in [-0.39, 0.29) is 5.91 Å². The number of aryl methyl sites for hydroxylation is 2. The molecule has 2 aromatic heterocycles. The van der Waals surface area contributed by atoms with Gasteiger partial charge in [0, 0.05) is 37.1 Å². The quantitative estimate of drug-likeness (QED) is 0.650. The Labute approximate surface area is 156 Å². The topological polar surface area (TPSA) is 109 Å². The van der Waals surface area contributed by atoms with Crippen LogP contribution in [0.3, 0.4) is 0 Å². The van der Waals surface area contributed by atoms with E-state index in [0.717, 1.165) is 11.6 Å². The highest BCUT2D eigenvalue weighted by molar-refractivity contribution is 5.94. The van der Waals surface area contributed by atoms with Crippen molar-refractivity contribution < 1.29 is 4.79 Å².